The van der Waals surface area contributed by atoms with Crippen LogP contribution in [-0.2, 0) is 18.5 Å². The topological polar surface area (TPSA) is 55.8 Å². The lowest BCUT2D eigenvalue weighted by Crippen LogP contribution is -2.26. The Balaban J connectivity index is 2.19. The molecular weight excluding hydrogens is 218 g/mol. The molecule has 1 saturated heterocycles. The van der Waals surface area contributed by atoms with Gasteiger partial charge in [-0.25, -0.2) is 0 Å². The van der Waals surface area contributed by atoms with Crippen LogP contribution >= 0.6 is 12.9 Å². The molecule has 1 fully saturated rings. The fourth-order valence-corrected chi connectivity index (χ4v) is 1.72. The van der Waals surface area contributed by atoms with Gasteiger partial charge in [-0.3, -0.25) is 14.5 Å². The minimum absolute atomic E-state index is 0.0329. The van der Waals surface area contributed by atoms with Crippen molar-refractivity contribution in [1.29, 1.82) is 0 Å². The van der Waals surface area contributed by atoms with Crippen LogP contribution in [0.1, 0.15) is 19.8 Å². The summed E-state index contributed by atoms with van der Waals surface area (Å²) >= 11 is 3.42. The molecule has 1 atom stereocenters. The average molecular weight is 233 g/mol. The van der Waals surface area contributed by atoms with Crippen molar-refractivity contribution in [3.8, 4) is 0 Å². The van der Waals surface area contributed by atoms with Crippen molar-refractivity contribution < 1.29 is 18.5 Å². The van der Waals surface area contributed by atoms with Crippen molar-refractivity contribution >= 4 is 24.8 Å². The number of carbonyl (C=O) groups excluding carboxylic acids is 2. The molecule has 6 heteroatoms. The van der Waals surface area contributed by atoms with Crippen molar-refractivity contribution in [1.82, 2.24) is 4.90 Å². The maximum Gasteiger partial charge on any atom is 0.318 e. The van der Waals surface area contributed by atoms with Crippen LogP contribution in [0, 0.1) is 0 Å². The van der Waals surface area contributed by atoms with Gasteiger partial charge in [0.15, 0.2) is 0 Å². The zero-order valence-electron chi connectivity index (χ0n) is 8.64. The fraction of sp³-hybridized carbons (Fsp3) is 0.778. The van der Waals surface area contributed by atoms with E-state index in [1.54, 1.807) is 0 Å². The standard InChI is InChI=1S/C9H15NO4S/c1-7(11)13-8-2-4-10(6-8)5-3-9(12)14-15/h8,15H,2-6H2,1H3. The SMILES string of the molecule is CC(=O)OC1CCN(CCC(=O)OS)C1. The average Bonchev–Trinajstić information content (AvgIpc) is 2.61. The first kappa shape index (κ1) is 12.3. The second-order valence-corrected chi connectivity index (χ2v) is 3.72. The summed E-state index contributed by atoms with van der Waals surface area (Å²) < 4.78 is 9.31. The van der Waals surface area contributed by atoms with Crippen molar-refractivity contribution in [2.45, 2.75) is 25.9 Å². The third-order valence-corrected chi connectivity index (χ3v) is 2.50. The maximum absolute atomic E-state index is 10.8. The van der Waals surface area contributed by atoms with E-state index in [0.29, 0.717) is 19.5 Å². The van der Waals surface area contributed by atoms with Crippen molar-refractivity contribution in [3.63, 3.8) is 0 Å². The Labute approximate surface area is 94.3 Å². The van der Waals surface area contributed by atoms with Crippen LogP contribution in [0.3, 0.4) is 0 Å². The van der Waals surface area contributed by atoms with Gasteiger partial charge in [-0.1, -0.05) is 0 Å². The Hall–Kier alpha value is -0.750. The zero-order valence-corrected chi connectivity index (χ0v) is 9.53. The monoisotopic (exact) mass is 233 g/mol. The summed E-state index contributed by atoms with van der Waals surface area (Å²) in [5.74, 6) is -0.592. The molecule has 0 N–H and O–H groups in total. The molecule has 0 amide bonds. The van der Waals surface area contributed by atoms with Gasteiger partial charge >= 0.3 is 11.9 Å². The van der Waals surface area contributed by atoms with Crippen LogP contribution in [0.2, 0.25) is 0 Å². The van der Waals surface area contributed by atoms with Gasteiger partial charge < -0.3 is 8.92 Å². The second kappa shape index (κ2) is 5.97. The normalized spacial score (nSPS) is 21.3. The molecule has 15 heavy (non-hydrogen) atoms. The highest BCUT2D eigenvalue weighted by Gasteiger charge is 2.24. The first-order chi connectivity index (χ1) is 7.11. The highest BCUT2D eigenvalue weighted by atomic mass is 32.1. The predicted molar refractivity (Wildman–Crippen MR) is 56.3 cm³/mol. The van der Waals surface area contributed by atoms with Crippen LogP contribution in [0.4, 0.5) is 0 Å². The molecule has 1 aliphatic heterocycles. The molecule has 0 aromatic rings. The van der Waals surface area contributed by atoms with Gasteiger partial charge in [0.25, 0.3) is 0 Å². The van der Waals surface area contributed by atoms with Gasteiger partial charge in [0.05, 0.1) is 6.42 Å². The number of ether oxygens (including phenoxy) is 1. The number of carbonyl (C=O) groups is 2. The lowest BCUT2D eigenvalue weighted by molar-refractivity contribution is -0.145. The fourth-order valence-electron chi connectivity index (χ4n) is 1.63. The van der Waals surface area contributed by atoms with Crippen LogP contribution in [0.25, 0.3) is 0 Å². The van der Waals surface area contributed by atoms with Crippen molar-refractivity contribution in [2.24, 2.45) is 0 Å². The molecule has 0 radical (unpaired) electrons. The first-order valence-electron chi connectivity index (χ1n) is 4.85. The third-order valence-electron chi connectivity index (χ3n) is 2.30. The quantitative estimate of drug-likeness (QED) is 0.433. The Bertz CT molecular complexity index is 246. The van der Waals surface area contributed by atoms with Gasteiger partial charge in [0.2, 0.25) is 0 Å². The zero-order chi connectivity index (χ0) is 11.3. The Kier molecular flexibility index (Phi) is 4.90. The number of hydrogen-bond donors (Lipinski definition) is 1. The molecule has 1 aliphatic rings. The molecule has 1 rings (SSSR count). The van der Waals surface area contributed by atoms with Gasteiger partial charge in [-0.05, 0) is 6.42 Å². The van der Waals surface area contributed by atoms with Gasteiger partial charge in [0.1, 0.15) is 6.10 Å². The minimum Gasteiger partial charge on any atom is -0.461 e. The molecule has 86 valence electrons. The predicted octanol–water partition coefficient (Wildman–Crippen LogP) is 0.402. The van der Waals surface area contributed by atoms with Crippen LogP contribution in [0.5, 0.6) is 0 Å². The lowest BCUT2D eigenvalue weighted by atomic mass is 10.3. The largest absolute Gasteiger partial charge is 0.461 e. The van der Waals surface area contributed by atoms with Crippen LogP contribution in [-0.4, -0.2) is 42.6 Å². The number of hydrogen-bond acceptors (Lipinski definition) is 6. The molecule has 0 spiro atoms. The van der Waals surface area contributed by atoms with E-state index < -0.39 is 0 Å². The summed E-state index contributed by atoms with van der Waals surface area (Å²) in [6, 6.07) is 0. The molecule has 0 bridgehead atoms. The number of esters is 1. The van der Waals surface area contributed by atoms with E-state index in [0.717, 1.165) is 13.0 Å². The minimum atomic E-state index is -0.339. The summed E-state index contributed by atoms with van der Waals surface area (Å²) in [5.41, 5.74) is 0. The van der Waals surface area contributed by atoms with Crippen LogP contribution in [0.15, 0.2) is 0 Å². The van der Waals surface area contributed by atoms with E-state index in [-0.39, 0.29) is 18.0 Å². The van der Waals surface area contributed by atoms with E-state index in [4.69, 9.17) is 4.74 Å². The second-order valence-electron chi connectivity index (χ2n) is 3.53. The van der Waals surface area contributed by atoms with Gasteiger partial charge in [-0.15, -0.1) is 0 Å². The number of rotatable bonds is 4. The highest BCUT2D eigenvalue weighted by molar-refractivity contribution is 7.75. The highest BCUT2D eigenvalue weighted by Crippen LogP contribution is 2.13. The van der Waals surface area contributed by atoms with Gasteiger partial charge in [0, 0.05) is 39.5 Å². The Morgan fingerprint density at radius 1 is 1.53 bits per heavy atom. The maximum atomic E-state index is 10.8. The molecule has 1 unspecified atom stereocenters. The molecule has 1 heterocycles. The number of likely N-dealkylation sites (tertiary alicyclic amines) is 1. The summed E-state index contributed by atoms with van der Waals surface area (Å²) in [6.45, 7) is 3.56. The summed E-state index contributed by atoms with van der Waals surface area (Å²) in [6.07, 6.45) is 1.11. The van der Waals surface area contributed by atoms with Crippen molar-refractivity contribution in [2.75, 3.05) is 19.6 Å². The Morgan fingerprint density at radius 3 is 2.87 bits per heavy atom. The van der Waals surface area contributed by atoms with E-state index in [9.17, 15) is 9.59 Å². The molecule has 0 aliphatic carbocycles. The molecule has 0 aromatic heterocycles. The number of thiol groups is 1. The molecule has 0 saturated carbocycles. The molecule has 0 aromatic carbocycles. The third kappa shape index (κ3) is 4.53. The Morgan fingerprint density at radius 2 is 2.27 bits per heavy atom. The number of nitrogens with zero attached hydrogens (tertiary/aromatic N) is 1. The van der Waals surface area contributed by atoms with E-state index >= 15 is 0 Å². The van der Waals surface area contributed by atoms with E-state index in [2.05, 4.69) is 22.0 Å². The first-order valence-corrected chi connectivity index (χ1v) is 5.22. The lowest BCUT2D eigenvalue weighted by Gasteiger charge is -2.14. The van der Waals surface area contributed by atoms with E-state index in [1.807, 2.05) is 0 Å². The molecular formula is C9H15NO4S. The summed E-state index contributed by atoms with van der Waals surface area (Å²) in [5, 5.41) is 0. The van der Waals surface area contributed by atoms with E-state index in [1.165, 1.54) is 6.92 Å². The molecule has 5 nitrogen and oxygen atoms in total. The smallest absolute Gasteiger partial charge is 0.318 e. The summed E-state index contributed by atoms with van der Waals surface area (Å²) in [4.78, 5) is 23.6. The van der Waals surface area contributed by atoms with Crippen LogP contribution < -0.4 is 0 Å². The van der Waals surface area contributed by atoms with Gasteiger partial charge in [-0.2, -0.15) is 0 Å². The summed E-state index contributed by atoms with van der Waals surface area (Å²) in [7, 11) is 0. The van der Waals surface area contributed by atoms with Crippen molar-refractivity contribution in [3.05, 3.63) is 0 Å².